The van der Waals surface area contributed by atoms with Crippen LogP contribution in [0.1, 0.15) is 96.8 Å². The molecule has 0 aromatic heterocycles. The molecule has 0 aromatic carbocycles. The van der Waals surface area contributed by atoms with E-state index in [0.29, 0.717) is 6.54 Å². The molecule has 0 radical (unpaired) electrons. The van der Waals surface area contributed by atoms with Gasteiger partial charge in [-0.15, -0.1) is 0 Å². The number of rotatable bonds is 18. The Morgan fingerprint density at radius 1 is 0.971 bits per heavy atom. The van der Waals surface area contributed by atoms with Crippen LogP contribution in [0.5, 0.6) is 0 Å². The Labute approximate surface area is 205 Å². The fraction of sp³-hybridized carbons (Fsp3) is 0.880. The summed E-state index contributed by atoms with van der Waals surface area (Å²) in [5, 5.41) is 35.1. The van der Waals surface area contributed by atoms with Crippen molar-refractivity contribution in [1.29, 1.82) is 0 Å². The van der Waals surface area contributed by atoms with Crippen LogP contribution in [-0.4, -0.2) is 69.7 Å². The molecule has 2 aliphatic rings. The number of nitrogens with zero attached hydrogens (tertiary/aromatic N) is 1. The summed E-state index contributed by atoms with van der Waals surface area (Å²) in [6, 6.07) is -0.548. The molecular formula is C25H48N4O5. The third-order valence-corrected chi connectivity index (χ3v) is 6.79. The Morgan fingerprint density at radius 2 is 1.50 bits per heavy atom. The van der Waals surface area contributed by atoms with Crippen LogP contribution in [0.4, 0.5) is 4.79 Å². The van der Waals surface area contributed by atoms with Gasteiger partial charge in [-0.3, -0.25) is 16.0 Å². The van der Waals surface area contributed by atoms with E-state index in [1.165, 1.54) is 83.2 Å². The number of carbonyl (C=O) groups is 1. The average Bonchev–Trinajstić information content (AvgIpc) is 3.10. The molecule has 34 heavy (non-hydrogen) atoms. The number of urea groups is 1. The van der Waals surface area contributed by atoms with E-state index in [2.05, 4.69) is 17.6 Å². The zero-order valence-electron chi connectivity index (χ0n) is 21.0. The van der Waals surface area contributed by atoms with E-state index in [0.717, 1.165) is 17.7 Å². The lowest BCUT2D eigenvalue weighted by Crippen LogP contribution is -2.69. The van der Waals surface area contributed by atoms with Crippen molar-refractivity contribution < 1.29 is 24.9 Å². The first-order chi connectivity index (χ1) is 16.4. The summed E-state index contributed by atoms with van der Waals surface area (Å²) in [6.45, 7) is 2.48. The van der Waals surface area contributed by atoms with Gasteiger partial charge in [0, 0.05) is 6.20 Å². The largest absolute Gasteiger partial charge is 0.394 e. The lowest BCUT2D eigenvalue weighted by molar-refractivity contribution is -0.0672. The van der Waals surface area contributed by atoms with Crippen molar-refractivity contribution in [2.24, 2.45) is 5.73 Å². The number of nitrogens with one attached hydrogen (secondary N) is 2. The molecule has 9 nitrogen and oxygen atoms in total. The number of hydrogen-bond donors (Lipinski definition) is 6. The minimum Gasteiger partial charge on any atom is -0.394 e. The second-order valence-electron chi connectivity index (χ2n) is 9.77. The van der Waals surface area contributed by atoms with Gasteiger partial charge in [-0.25, -0.2) is 4.79 Å². The van der Waals surface area contributed by atoms with Gasteiger partial charge in [0.2, 0.25) is 0 Å². The van der Waals surface area contributed by atoms with Gasteiger partial charge in [0.15, 0.2) is 12.0 Å². The van der Waals surface area contributed by atoms with Crippen molar-refractivity contribution in [3.05, 3.63) is 12.3 Å². The highest BCUT2D eigenvalue weighted by Crippen LogP contribution is 2.26. The van der Waals surface area contributed by atoms with Crippen LogP contribution in [0.25, 0.3) is 0 Å². The molecule has 7 N–H and O–H groups in total. The molecular weight excluding hydrogens is 436 g/mol. The first kappa shape index (κ1) is 29.0. The van der Waals surface area contributed by atoms with E-state index in [4.69, 9.17) is 10.5 Å². The summed E-state index contributed by atoms with van der Waals surface area (Å²) in [6.07, 6.45) is 16.6. The zero-order valence-corrected chi connectivity index (χ0v) is 21.0. The molecule has 2 aliphatic heterocycles. The lowest BCUT2D eigenvalue weighted by Gasteiger charge is -2.38. The van der Waals surface area contributed by atoms with Gasteiger partial charge in [0.25, 0.3) is 0 Å². The fourth-order valence-electron chi connectivity index (χ4n) is 4.58. The van der Waals surface area contributed by atoms with Crippen LogP contribution in [-0.2, 0) is 4.74 Å². The number of hydrogen-bond acceptors (Lipinski definition) is 7. The van der Waals surface area contributed by atoms with Crippen molar-refractivity contribution in [1.82, 2.24) is 15.5 Å². The van der Waals surface area contributed by atoms with Crippen LogP contribution >= 0.6 is 0 Å². The number of nitrogens with two attached hydrogens (primary N) is 1. The quantitative estimate of drug-likeness (QED) is 0.130. The standard InChI is InChI=1S/C25H48N4O5/c1-2-3-4-5-6-7-8-9-10-11-12-13-14-15-17-27-25(26)16-18-29(24(33)28-25)23-22(32)21(31)20(19-30)34-23/h16,18,20-23,27,30-32H,2-15,17,19,26H2,1H3,(H,28,33)/t20-,21-,22+,23-,25?/m1/s1. The van der Waals surface area contributed by atoms with Crippen LogP contribution in [0.3, 0.4) is 0 Å². The molecule has 0 saturated carbocycles. The molecule has 0 spiro atoms. The predicted octanol–water partition coefficient (Wildman–Crippen LogP) is 2.65. The fourth-order valence-corrected chi connectivity index (χ4v) is 4.58. The Balaban J connectivity index is 1.52. The van der Waals surface area contributed by atoms with Gasteiger partial charge in [-0.1, -0.05) is 90.4 Å². The summed E-state index contributed by atoms with van der Waals surface area (Å²) in [5.41, 5.74) is 6.23. The molecule has 2 rings (SSSR count). The van der Waals surface area contributed by atoms with Crippen LogP contribution in [0.2, 0.25) is 0 Å². The zero-order chi connectivity index (χ0) is 24.8. The summed E-state index contributed by atoms with van der Waals surface area (Å²) in [4.78, 5) is 13.7. The number of aliphatic hydroxyl groups excluding tert-OH is 3. The van der Waals surface area contributed by atoms with Crippen molar-refractivity contribution in [3.63, 3.8) is 0 Å². The smallest absolute Gasteiger partial charge is 0.326 e. The minimum absolute atomic E-state index is 0.449. The van der Waals surface area contributed by atoms with Gasteiger partial charge < -0.3 is 25.4 Å². The van der Waals surface area contributed by atoms with Crippen molar-refractivity contribution in [2.75, 3.05) is 13.2 Å². The Kier molecular flexibility index (Phi) is 13.4. The SMILES string of the molecule is CCCCCCCCCCCCCCCCNC1(N)C=CN([C@@H]2O[C@H](CO)[C@@H](O)[C@@H]2O)C(=O)N1. The first-order valence-electron chi connectivity index (χ1n) is 13.4. The molecule has 0 aliphatic carbocycles. The number of carbonyl (C=O) groups excluding carboxylic acids is 1. The van der Waals surface area contributed by atoms with Gasteiger partial charge >= 0.3 is 6.03 Å². The van der Waals surface area contributed by atoms with Crippen molar-refractivity contribution >= 4 is 6.03 Å². The van der Waals surface area contributed by atoms with E-state index >= 15 is 0 Å². The van der Waals surface area contributed by atoms with Gasteiger partial charge in [-0.2, -0.15) is 0 Å². The molecule has 1 saturated heterocycles. The number of ether oxygens (including phenoxy) is 1. The Hall–Kier alpha value is -1.23. The van der Waals surface area contributed by atoms with E-state index in [1.807, 2.05) is 0 Å². The molecule has 2 heterocycles. The average molecular weight is 485 g/mol. The van der Waals surface area contributed by atoms with Crippen molar-refractivity contribution in [3.8, 4) is 0 Å². The Morgan fingerprint density at radius 3 is 1.97 bits per heavy atom. The van der Waals surface area contributed by atoms with E-state index in [1.54, 1.807) is 6.08 Å². The molecule has 1 fully saturated rings. The first-order valence-corrected chi connectivity index (χ1v) is 13.4. The van der Waals surface area contributed by atoms with E-state index in [-0.39, 0.29) is 0 Å². The third kappa shape index (κ3) is 9.43. The summed E-state index contributed by atoms with van der Waals surface area (Å²) in [7, 11) is 0. The molecule has 9 heteroatoms. The van der Waals surface area contributed by atoms with Crippen LogP contribution < -0.4 is 16.4 Å². The summed E-state index contributed by atoms with van der Waals surface area (Å²) in [5.74, 6) is -1.18. The van der Waals surface area contributed by atoms with Gasteiger partial charge in [0.05, 0.1) is 6.61 Å². The highest BCUT2D eigenvalue weighted by Gasteiger charge is 2.47. The van der Waals surface area contributed by atoms with Crippen LogP contribution in [0.15, 0.2) is 12.3 Å². The molecule has 5 atom stereocenters. The minimum atomic E-state index is -1.32. The molecule has 0 aromatic rings. The van der Waals surface area contributed by atoms with E-state index < -0.39 is 43.0 Å². The predicted molar refractivity (Wildman–Crippen MR) is 133 cm³/mol. The topological polar surface area (TPSA) is 140 Å². The second kappa shape index (κ2) is 15.7. The maximum atomic E-state index is 12.5. The third-order valence-electron chi connectivity index (χ3n) is 6.79. The lowest BCUT2D eigenvalue weighted by atomic mass is 10.0. The number of amides is 2. The molecule has 2 amide bonds. The summed E-state index contributed by atoms with van der Waals surface area (Å²) < 4.78 is 5.41. The monoisotopic (exact) mass is 484 g/mol. The number of aliphatic hydroxyl groups is 3. The Bertz CT molecular complexity index is 608. The van der Waals surface area contributed by atoms with Crippen LogP contribution in [0, 0.1) is 0 Å². The normalized spacial score (nSPS) is 29.1. The maximum Gasteiger partial charge on any atom is 0.326 e. The van der Waals surface area contributed by atoms with Gasteiger partial charge in [0.1, 0.15) is 18.3 Å². The van der Waals surface area contributed by atoms with Gasteiger partial charge in [-0.05, 0) is 19.0 Å². The molecule has 198 valence electrons. The summed E-state index contributed by atoms with van der Waals surface area (Å²) >= 11 is 0. The van der Waals surface area contributed by atoms with Crippen molar-refractivity contribution in [2.45, 2.75) is 127 Å². The highest BCUT2D eigenvalue weighted by atomic mass is 16.6. The number of unbranched alkanes of at least 4 members (excludes halogenated alkanes) is 13. The maximum absolute atomic E-state index is 12.5. The molecule has 1 unspecified atom stereocenters. The highest BCUT2D eigenvalue weighted by molar-refractivity contribution is 5.78. The van der Waals surface area contributed by atoms with E-state index in [9.17, 15) is 20.1 Å². The second-order valence-corrected chi connectivity index (χ2v) is 9.77. The molecule has 0 bridgehead atoms.